The lowest BCUT2D eigenvalue weighted by Crippen LogP contribution is -1.95. The van der Waals surface area contributed by atoms with E-state index in [1.165, 1.54) is 12.1 Å². The average molecular weight is 438 g/mol. The van der Waals surface area contributed by atoms with Crippen molar-refractivity contribution in [1.29, 1.82) is 0 Å². The highest BCUT2D eigenvalue weighted by Crippen LogP contribution is 2.17. The molecule has 32 heavy (non-hydrogen) atoms. The number of hydrogen-bond acceptors (Lipinski definition) is 0. The van der Waals surface area contributed by atoms with Crippen LogP contribution in [-0.2, 0) is 6.42 Å². The molecule has 0 spiro atoms. The number of rotatable bonds is 4. The Balaban J connectivity index is 1.74. The van der Waals surface area contributed by atoms with Crippen LogP contribution < -0.4 is 0 Å². The van der Waals surface area contributed by atoms with Gasteiger partial charge in [0.15, 0.2) is 17.5 Å². The predicted octanol–water partition coefficient (Wildman–Crippen LogP) is 6.91. The van der Waals surface area contributed by atoms with Crippen molar-refractivity contribution in [3.63, 3.8) is 0 Å². The Morgan fingerprint density at radius 3 is 1.62 bits per heavy atom. The van der Waals surface area contributed by atoms with Gasteiger partial charge in [0.25, 0.3) is 0 Å². The Bertz CT molecular complexity index is 1190. The fourth-order valence-corrected chi connectivity index (χ4v) is 3.01. The van der Waals surface area contributed by atoms with Crippen LogP contribution in [0.25, 0.3) is 0 Å². The Morgan fingerprint density at radius 2 is 1.09 bits per heavy atom. The van der Waals surface area contributed by atoms with E-state index in [9.17, 15) is 22.0 Å². The maximum absolute atomic E-state index is 14.3. The van der Waals surface area contributed by atoms with Crippen LogP contribution in [-0.4, -0.2) is 0 Å². The lowest BCUT2D eigenvalue weighted by atomic mass is 10.0. The monoisotopic (exact) mass is 438 g/mol. The molecule has 0 saturated carbocycles. The molecule has 0 nitrogen and oxygen atoms in total. The van der Waals surface area contributed by atoms with Crippen LogP contribution in [0, 0.1) is 52.8 Å². The molecule has 162 valence electrons. The van der Waals surface area contributed by atoms with Crippen LogP contribution >= 0.6 is 0 Å². The number of aryl methyl sites for hydroxylation is 1. The van der Waals surface area contributed by atoms with Gasteiger partial charge in [0.2, 0.25) is 0 Å². The van der Waals surface area contributed by atoms with E-state index in [4.69, 9.17) is 0 Å². The summed E-state index contributed by atoms with van der Waals surface area (Å²) in [6, 6.07) is 10.7. The van der Waals surface area contributed by atoms with E-state index >= 15 is 0 Å². The summed E-state index contributed by atoms with van der Waals surface area (Å²) in [6.45, 7) is 2.06. The minimum Gasteiger partial charge on any atom is -0.206 e. The van der Waals surface area contributed by atoms with Gasteiger partial charge in [-0.2, -0.15) is 0 Å². The van der Waals surface area contributed by atoms with E-state index in [-0.39, 0.29) is 11.1 Å². The SMILES string of the molecule is CCCCCc1cc(F)c(C#Cc2ccc(C#Cc3cc(F)c(F)c(F)c3)cc2)c(F)c1. The average Bonchev–Trinajstić information content (AvgIpc) is 2.76. The fourth-order valence-electron chi connectivity index (χ4n) is 3.01. The van der Waals surface area contributed by atoms with Crippen molar-refractivity contribution < 1.29 is 22.0 Å². The molecule has 3 rings (SSSR count). The first kappa shape index (κ1) is 23.1. The summed E-state index contributed by atoms with van der Waals surface area (Å²) in [7, 11) is 0. The maximum atomic E-state index is 14.3. The van der Waals surface area contributed by atoms with Gasteiger partial charge in [-0.3, -0.25) is 0 Å². The topological polar surface area (TPSA) is 0 Å². The van der Waals surface area contributed by atoms with Gasteiger partial charge in [-0.25, -0.2) is 22.0 Å². The van der Waals surface area contributed by atoms with Gasteiger partial charge >= 0.3 is 0 Å². The van der Waals surface area contributed by atoms with Gasteiger partial charge in [0.1, 0.15) is 11.6 Å². The summed E-state index contributed by atoms with van der Waals surface area (Å²) < 4.78 is 68.1. The molecule has 0 fully saturated rings. The van der Waals surface area contributed by atoms with Gasteiger partial charge in [-0.15, -0.1) is 0 Å². The Kier molecular flexibility index (Phi) is 7.68. The molecular formula is C27H19F5. The normalized spacial score (nSPS) is 10.2. The zero-order chi connectivity index (χ0) is 23.1. The van der Waals surface area contributed by atoms with Crippen LogP contribution in [0.2, 0.25) is 0 Å². The van der Waals surface area contributed by atoms with Crippen molar-refractivity contribution in [3.8, 4) is 23.7 Å². The van der Waals surface area contributed by atoms with Gasteiger partial charge < -0.3 is 0 Å². The molecule has 0 unspecified atom stereocenters. The van der Waals surface area contributed by atoms with E-state index in [2.05, 4.69) is 30.6 Å². The Hall–Kier alpha value is -3.57. The summed E-state index contributed by atoms with van der Waals surface area (Å²) in [5.41, 5.74) is 1.36. The standard InChI is InChI=1S/C27H19F5/c1-2-3-4-5-20-14-23(28)22(24(29)15-20)13-12-19-8-6-18(7-9-19)10-11-21-16-25(30)27(32)26(31)17-21/h6-9,14-17H,2-5H2,1H3. The first-order valence-electron chi connectivity index (χ1n) is 10.1. The summed E-state index contributed by atoms with van der Waals surface area (Å²) in [5, 5.41) is 0. The highest BCUT2D eigenvalue weighted by Gasteiger charge is 2.10. The van der Waals surface area contributed by atoms with Crippen molar-refractivity contribution in [3.05, 3.63) is 105 Å². The molecule has 0 bridgehead atoms. The van der Waals surface area contributed by atoms with E-state index < -0.39 is 29.1 Å². The third-order valence-corrected chi connectivity index (χ3v) is 4.72. The molecule has 0 atom stereocenters. The van der Waals surface area contributed by atoms with Crippen LogP contribution in [0.1, 0.15) is 54.0 Å². The molecule has 0 heterocycles. The van der Waals surface area contributed by atoms with Gasteiger partial charge in [0, 0.05) is 16.7 Å². The van der Waals surface area contributed by atoms with Gasteiger partial charge in [-0.1, -0.05) is 43.4 Å². The minimum absolute atomic E-state index is 0.00522. The number of hydrogen-bond donors (Lipinski definition) is 0. The second-order valence-corrected chi connectivity index (χ2v) is 7.22. The summed E-state index contributed by atoms with van der Waals surface area (Å²) in [4.78, 5) is 0. The highest BCUT2D eigenvalue weighted by molar-refractivity contribution is 5.48. The molecular weight excluding hydrogens is 419 g/mol. The third-order valence-electron chi connectivity index (χ3n) is 4.72. The van der Waals surface area contributed by atoms with E-state index in [0.29, 0.717) is 23.1 Å². The molecule has 0 aliphatic carbocycles. The summed E-state index contributed by atoms with van der Waals surface area (Å²) >= 11 is 0. The molecule has 3 aromatic carbocycles. The third kappa shape index (κ3) is 5.99. The number of benzene rings is 3. The van der Waals surface area contributed by atoms with Crippen LogP contribution in [0.5, 0.6) is 0 Å². The van der Waals surface area contributed by atoms with E-state index in [1.807, 2.05) is 0 Å². The van der Waals surface area contributed by atoms with Crippen molar-refractivity contribution >= 4 is 0 Å². The second-order valence-electron chi connectivity index (χ2n) is 7.22. The van der Waals surface area contributed by atoms with Crippen molar-refractivity contribution in [2.24, 2.45) is 0 Å². The first-order chi connectivity index (χ1) is 15.4. The van der Waals surface area contributed by atoms with E-state index in [0.717, 1.165) is 31.4 Å². The number of halogens is 5. The Labute approximate surface area is 184 Å². The van der Waals surface area contributed by atoms with Crippen molar-refractivity contribution in [1.82, 2.24) is 0 Å². The molecule has 0 radical (unpaired) electrons. The van der Waals surface area contributed by atoms with E-state index in [1.54, 1.807) is 24.3 Å². The zero-order valence-electron chi connectivity index (χ0n) is 17.3. The molecule has 0 aromatic heterocycles. The van der Waals surface area contributed by atoms with Gasteiger partial charge in [-0.05, 0) is 66.9 Å². The lowest BCUT2D eigenvalue weighted by molar-refractivity contribution is 0.446. The molecule has 0 saturated heterocycles. The number of unbranched alkanes of at least 4 members (excludes halogenated alkanes) is 2. The molecule has 0 aliphatic rings. The fraction of sp³-hybridized carbons (Fsp3) is 0.185. The molecule has 3 aromatic rings. The van der Waals surface area contributed by atoms with Crippen molar-refractivity contribution in [2.75, 3.05) is 0 Å². The lowest BCUT2D eigenvalue weighted by Gasteiger charge is -2.04. The molecule has 0 amide bonds. The van der Waals surface area contributed by atoms with Crippen molar-refractivity contribution in [2.45, 2.75) is 32.6 Å². The smallest absolute Gasteiger partial charge is 0.194 e. The molecule has 0 aliphatic heterocycles. The van der Waals surface area contributed by atoms with Crippen LogP contribution in [0.3, 0.4) is 0 Å². The van der Waals surface area contributed by atoms with Gasteiger partial charge in [0.05, 0.1) is 5.56 Å². The Morgan fingerprint density at radius 1 is 0.594 bits per heavy atom. The predicted molar refractivity (Wildman–Crippen MR) is 114 cm³/mol. The minimum atomic E-state index is -1.54. The highest BCUT2D eigenvalue weighted by atomic mass is 19.2. The van der Waals surface area contributed by atoms with Crippen LogP contribution in [0.15, 0.2) is 48.5 Å². The van der Waals surface area contributed by atoms with Crippen LogP contribution in [0.4, 0.5) is 22.0 Å². The second kappa shape index (κ2) is 10.6. The molecule has 5 heteroatoms. The first-order valence-corrected chi connectivity index (χ1v) is 10.1. The molecule has 0 N–H and O–H groups in total. The zero-order valence-corrected chi connectivity index (χ0v) is 17.3. The largest absolute Gasteiger partial charge is 0.206 e. The summed E-state index contributed by atoms with van der Waals surface area (Å²) in [6.07, 6.45) is 3.53. The maximum Gasteiger partial charge on any atom is 0.194 e. The quantitative estimate of drug-likeness (QED) is 0.180. The summed E-state index contributed by atoms with van der Waals surface area (Å²) in [5.74, 6) is 4.96.